The molecule has 0 radical (unpaired) electrons. The van der Waals surface area contributed by atoms with Crippen molar-refractivity contribution in [2.45, 2.75) is 61.6 Å². The Hall–Kier alpha value is -2.57. The zero-order valence-corrected chi connectivity index (χ0v) is 16.7. The molecule has 0 bridgehead atoms. The summed E-state index contributed by atoms with van der Waals surface area (Å²) in [6, 6.07) is 8.02. The van der Waals surface area contributed by atoms with Gasteiger partial charge in [-0.1, -0.05) is 30.3 Å². The minimum Gasteiger partial charge on any atom is -0.479 e. The fourth-order valence-corrected chi connectivity index (χ4v) is 3.90. The average molecular weight is 439 g/mol. The second kappa shape index (κ2) is 9.71. The minimum atomic E-state index is -1.85. The van der Waals surface area contributed by atoms with Gasteiger partial charge in [-0.15, -0.1) is 0 Å². The summed E-state index contributed by atoms with van der Waals surface area (Å²) in [5.74, 6) is -3.35. The van der Waals surface area contributed by atoms with Crippen LogP contribution in [-0.4, -0.2) is 88.2 Å². The number of amides is 1. The first-order valence-electron chi connectivity index (χ1n) is 9.73. The zero-order chi connectivity index (χ0) is 22.7. The quantitative estimate of drug-likeness (QED) is 0.328. The third-order valence-corrected chi connectivity index (χ3v) is 5.43. The van der Waals surface area contributed by atoms with Crippen molar-refractivity contribution in [2.75, 3.05) is 7.11 Å². The van der Waals surface area contributed by atoms with Gasteiger partial charge in [0.2, 0.25) is 5.91 Å². The van der Waals surface area contributed by atoms with Crippen LogP contribution < -0.4 is 5.32 Å². The van der Waals surface area contributed by atoms with Crippen LogP contribution in [0.3, 0.4) is 0 Å². The van der Waals surface area contributed by atoms with Gasteiger partial charge in [-0.2, -0.15) is 0 Å². The van der Waals surface area contributed by atoms with Crippen LogP contribution in [0.15, 0.2) is 30.3 Å². The number of hydrogen-bond donors (Lipinski definition) is 5. The fourth-order valence-electron chi connectivity index (χ4n) is 3.90. The molecule has 31 heavy (non-hydrogen) atoms. The van der Waals surface area contributed by atoms with Gasteiger partial charge in [-0.25, -0.2) is 4.79 Å². The normalized spacial score (nSPS) is 34.5. The molecule has 8 atom stereocenters. The number of aliphatic hydroxyl groups excluding tert-OH is 3. The Morgan fingerprint density at radius 3 is 2.42 bits per heavy atom. The molecule has 2 heterocycles. The highest BCUT2D eigenvalue weighted by atomic mass is 16.7. The molecule has 1 aromatic rings. The van der Waals surface area contributed by atoms with Gasteiger partial charge in [0.15, 0.2) is 12.4 Å². The van der Waals surface area contributed by atoms with E-state index < -0.39 is 66.6 Å². The van der Waals surface area contributed by atoms with Crippen LogP contribution in [0.2, 0.25) is 0 Å². The van der Waals surface area contributed by atoms with Gasteiger partial charge in [0, 0.05) is 6.04 Å². The molecule has 11 nitrogen and oxygen atoms in total. The van der Waals surface area contributed by atoms with E-state index in [-0.39, 0.29) is 12.8 Å². The molecule has 0 aliphatic carbocycles. The molecule has 170 valence electrons. The molecular weight excluding hydrogens is 414 g/mol. The van der Waals surface area contributed by atoms with Crippen molar-refractivity contribution >= 4 is 17.8 Å². The number of carbonyl (C=O) groups is 3. The average Bonchev–Trinajstić information content (AvgIpc) is 2.74. The van der Waals surface area contributed by atoms with E-state index in [1.165, 1.54) is 7.11 Å². The zero-order valence-electron chi connectivity index (χ0n) is 16.7. The number of aliphatic carboxylic acids is 1. The van der Waals surface area contributed by atoms with Gasteiger partial charge in [0.05, 0.1) is 19.6 Å². The fraction of sp³-hybridized carbons (Fsp3) is 0.550. The molecular formula is C20H25NO10. The van der Waals surface area contributed by atoms with Crippen LogP contribution in [0.1, 0.15) is 24.3 Å². The number of carbonyl (C=O) groups excluding carboxylic acids is 2. The first kappa shape index (κ1) is 23.1. The number of hydrogen-bond acceptors (Lipinski definition) is 9. The molecule has 2 saturated heterocycles. The lowest BCUT2D eigenvalue weighted by Gasteiger charge is -2.41. The van der Waals surface area contributed by atoms with Gasteiger partial charge in [0.1, 0.15) is 24.2 Å². The lowest BCUT2D eigenvalue weighted by Crippen LogP contribution is -2.61. The topological polar surface area (TPSA) is 172 Å². The molecule has 1 amide bonds. The third kappa shape index (κ3) is 5.02. The summed E-state index contributed by atoms with van der Waals surface area (Å²) in [4.78, 5) is 36.0. The summed E-state index contributed by atoms with van der Waals surface area (Å²) >= 11 is 0. The van der Waals surface area contributed by atoms with Crippen LogP contribution in [0.5, 0.6) is 0 Å². The number of esters is 1. The monoisotopic (exact) mass is 439 g/mol. The van der Waals surface area contributed by atoms with E-state index in [2.05, 4.69) is 5.32 Å². The number of rotatable bonds is 6. The summed E-state index contributed by atoms with van der Waals surface area (Å²) in [5.41, 5.74) is 0.624. The van der Waals surface area contributed by atoms with Crippen molar-refractivity contribution in [1.29, 1.82) is 0 Å². The predicted octanol–water partition coefficient (Wildman–Crippen LogP) is -1.50. The smallest absolute Gasteiger partial charge is 0.335 e. The number of carboxylic acid groups (broad SMARTS) is 1. The molecule has 3 rings (SSSR count). The molecule has 0 spiro atoms. The lowest BCUT2D eigenvalue weighted by atomic mass is 9.85. The summed E-state index contributed by atoms with van der Waals surface area (Å²) in [5, 5.41) is 41.8. The maximum Gasteiger partial charge on any atom is 0.335 e. The summed E-state index contributed by atoms with van der Waals surface area (Å²) < 4.78 is 15.7. The van der Waals surface area contributed by atoms with E-state index in [0.29, 0.717) is 5.56 Å². The van der Waals surface area contributed by atoms with Crippen molar-refractivity contribution in [1.82, 2.24) is 5.32 Å². The largest absolute Gasteiger partial charge is 0.479 e. The predicted molar refractivity (Wildman–Crippen MR) is 102 cm³/mol. The third-order valence-electron chi connectivity index (χ3n) is 5.43. The van der Waals surface area contributed by atoms with Crippen LogP contribution in [0.25, 0.3) is 0 Å². The first-order valence-corrected chi connectivity index (χ1v) is 9.73. The van der Waals surface area contributed by atoms with E-state index in [1.54, 1.807) is 30.3 Å². The molecule has 2 aliphatic heterocycles. The number of piperidine rings is 1. The highest BCUT2D eigenvalue weighted by Gasteiger charge is 2.49. The van der Waals surface area contributed by atoms with Crippen molar-refractivity contribution in [3.05, 3.63) is 35.9 Å². The summed E-state index contributed by atoms with van der Waals surface area (Å²) in [6.45, 7) is 0. The molecule has 2 fully saturated rings. The Bertz CT molecular complexity index is 802. The van der Waals surface area contributed by atoms with E-state index in [9.17, 15) is 29.7 Å². The molecule has 1 aromatic carbocycles. The van der Waals surface area contributed by atoms with Crippen molar-refractivity contribution < 1.29 is 49.0 Å². The van der Waals surface area contributed by atoms with Gasteiger partial charge in [-0.05, 0) is 12.0 Å². The summed E-state index contributed by atoms with van der Waals surface area (Å²) in [6.07, 6.45) is -9.68. The number of aliphatic hydroxyl groups is 3. The molecule has 11 heteroatoms. The number of ether oxygens (including phenoxy) is 3. The van der Waals surface area contributed by atoms with Crippen LogP contribution in [0.4, 0.5) is 0 Å². The molecule has 2 aliphatic rings. The van der Waals surface area contributed by atoms with E-state index in [1.807, 2.05) is 0 Å². The lowest BCUT2D eigenvalue weighted by molar-refractivity contribution is -0.305. The Morgan fingerprint density at radius 1 is 1.13 bits per heavy atom. The van der Waals surface area contributed by atoms with Crippen LogP contribution in [-0.2, 0) is 28.6 Å². The van der Waals surface area contributed by atoms with Crippen molar-refractivity contribution in [3.63, 3.8) is 0 Å². The van der Waals surface area contributed by atoms with Gasteiger partial charge < -0.3 is 40.0 Å². The standard InChI is InChI=1S/C20H25NO10/c1-29-19(28)13(9-5-3-2-4-6-9)11-7-10(8-12(22)21-11)30-20-16(25)14(23)15(24)17(31-20)18(26)27/h2-6,10-11,13-17,20,23-25H,7-8H2,1H3,(H,21,22)(H,26,27). The maximum absolute atomic E-state index is 12.5. The SMILES string of the molecule is COC(=O)C(c1ccccc1)C1CC(OC2OC(C(=O)O)C(O)C(O)C2O)CC(=O)N1. The van der Waals surface area contributed by atoms with Crippen LogP contribution >= 0.6 is 0 Å². The van der Waals surface area contributed by atoms with Gasteiger partial charge >= 0.3 is 11.9 Å². The number of carboxylic acids is 1. The van der Waals surface area contributed by atoms with Gasteiger partial charge in [0.25, 0.3) is 0 Å². The number of nitrogens with one attached hydrogen (secondary N) is 1. The Morgan fingerprint density at radius 2 is 1.81 bits per heavy atom. The highest BCUT2D eigenvalue weighted by molar-refractivity contribution is 5.83. The highest BCUT2D eigenvalue weighted by Crippen LogP contribution is 2.30. The Balaban J connectivity index is 1.78. The minimum absolute atomic E-state index is 0.128. The van der Waals surface area contributed by atoms with E-state index in [0.717, 1.165) is 0 Å². The number of benzene rings is 1. The summed E-state index contributed by atoms with van der Waals surface area (Å²) in [7, 11) is 1.24. The first-order chi connectivity index (χ1) is 14.7. The van der Waals surface area contributed by atoms with Crippen molar-refractivity contribution in [3.8, 4) is 0 Å². The van der Waals surface area contributed by atoms with E-state index in [4.69, 9.17) is 19.3 Å². The number of methoxy groups -OCH3 is 1. The maximum atomic E-state index is 12.5. The second-order valence-corrected chi connectivity index (χ2v) is 7.52. The van der Waals surface area contributed by atoms with Crippen LogP contribution in [0, 0.1) is 0 Å². The Kier molecular flexibility index (Phi) is 7.23. The van der Waals surface area contributed by atoms with Gasteiger partial charge in [-0.3, -0.25) is 9.59 Å². The van der Waals surface area contributed by atoms with Crippen molar-refractivity contribution in [2.24, 2.45) is 0 Å². The van der Waals surface area contributed by atoms with E-state index >= 15 is 0 Å². The molecule has 0 aromatic heterocycles. The Labute approximate surface area is 177 Å². The second-order valence-electron chi connectivity index (χ2n) is 7.52. The molecule has 0 saturated carbocycles. The molecule has 5 N–H and O–H groups in total. The molecule has 8 unspecified atom stereocenters.